The summed E-state index contributed by atoms with van der Waals surface area (Å²) < 4.78 is 18.9. The third kappa shape index (κ3) is 2.45. The maximum absolute atomic E-state index is 12.7. The van der Waals surface area contributed by atoms with Crippen molar-refractivity contribution in [3.63, 3.8) is 0 Å². The molecule has 0 saturated carbocycles. The minimum absolute atomic E-state index is 0.0397. The van der Waals surface area contributed by atoms with E-state index >= 15 is 0 Å². The molecule has 0 aliphatic rings. The van der Waals surface area contributed by atoms with E-state index in [0.717, 1.165) is 5.56 Å². The first-order chi connectivity index (χ1) is 8.60. The molecule has 2 aromatic rings. The summed E-state index contributed by atoms with van der Waals surface area (Å²) in [6.07, 6.45) is 1.28. The lowest BCUT2D eigenvalue weighted by atomic mass is 10.2. The van der Waals surface area contributed by atoms with E-state index in [1.54, 1.807) is 12.1 Å². The predicted molar refractivity (Wildman–Crippen MR) is 60.9 cm³/mol. The van der Waals surface area contributed by atoms with Crippen molar-refractivity contribution in [2.24, 2.45) is 0 Å². The molecule has 0 spiro atoms. The maximum atomic E-state index is 12.7. The van der Waals surface area contributed by atoms with Crippen molar-refractivity contribution in [2.45, 2.75) is 6.54 Å². The molecule has 0 aliphatic heterocycles. The quantitative estimate of drug-likeness (QED) is 0.615. The summed E-state index contributed by atoms with van der Waals surface area (Å²) in [7, 11) is 1.32. The Labute approximate surface area is 102 Å². The number of hydrogen-bond donors (Lipinski definition) is 0. The van der Waals surface area contributed by atoms with E-state index in [1.807, 2.05) is 0 Å². The van der Waals surface area contributed by atoms with Crippen molar-refractivity contribution >= 4 is 5.69 Å². The molecule has 1 aromatic carbocycles. The van der Waals surface area contributed by atoms with Crippen molar-refractivity contribution in [1.82, 2.24) is 9.78 Å². The molecule has 6 nitrogen and oxygen atoms in total. The van der Waals surface area contributed by atoms with Gasteiger partial charge in [0.15, 0.2) is 0 Å². The molecule has 18 heavy (non-hydrogen) atoms. The number of ether oxygens (including phenoxy) is 1. The van der Waals surface area contributed by atoms with Crippen LogP contribution in [-0.2, 0) is 6.54 Å². The molecular weight excluding hydrogens is 241 g/mol. The van der Waals surface area contributed by atoms with Gasteiger partial charge in [-0.15, -0.1) is 5.10 Å². The summed E-state index contributed by atoms with van der Waals surface area (Å²) in [4.78, 5) is 10.2. The van der Waals surface area contributed by atoms with Crippen molar-refractivity contribution in [3.05, 3.63) is 52.0 Å². The Morgan fingerprint density at radius 2 is 2.11 bits per heavy atom. The Morgan fingerprint density at radius 1 is 1.44 bits per heavy atom. The van der Waals surface area contributed by atoms with Gasteiger partial charge in [-0.3, -0.25) is 14.8 Å². The van der Waals surface area contributed by atoms with Crippen LogP contribution < -0.4 is 4.74 Å². The molecule has 0 saturated heterocycles. The topological polar surface area (TPSA) is 70.2 Å². The fraction of sp³-hybridized carbons (Fsp3) is 0.182. The number of hydrogen-bond acceptors (Lipinski definition) is 4. The fourth-order valence-corrected chi connectivity index (χ4v) is 1.52. The smallest absolute Gasteiger partial charge is 0.350 e. The third-order valence-electron chi connectivity index (χ3n) is 2.36. The second kappa shape index (κ2) is 4.82. The normalized spacial score (nSPS) is 10.3. The number of benzene rings is 1. The molecule has 0 amide bonds. The van der Waals surface area contributed by atoms with Gasteiger partial charge in [-0.05, 0) is 17.7 Å². The van der Waals surface area contributed by atoms with Gasteiger partial charge in [-0.2, -0.15) is 0 Å². The molecular formula is C11H10FN3O3. The number of rotatable bonds is 4. The zero-order valence-electron chi connectivity index (χ0n) is 9.54. The molecule has 1 heterocycles. The van der Waals surface area contributed by atoms with Crippen LogP contribution in [0.5, 0.6) is 5.88 Å². The van der Waals surface area contributed by atoms with E-state index in [1.165, 1.54) is 30.1 Å². The number of halogens is 1. The van der Waals surface area contributed by atoms with Gasteiger partial charge in [0.1, 0.15) is 12.0 Å². The van der Waals surface area contributed by atoms with E-state index in [2.05, 4.69) is 5.10 Å². The second-order valence-electron chi connectivity index (χ2n) is 3.60. The highest BCUT2D eigenvalue weighted by atomic mass is 19.1. The molecule has 94 valence electrons. The zero-order valence-corrected chi connectivity index (χ0v) is 9.54. The highest BCUT2D eigenvalue weighted by molar-refractivity contribution is 5.38. The average molecular weight is 251 g/mol. The third-order valence-corrected chi connectivity index (χ3v) is 2.36. The van der Waals surface area contributed by atoms with E-state index < -0.39 is 4.92 Å². The lowest BCUT2D eigenvalue weighted by Crippen LogP contribution is -2.00. The first-order valence-electron chi connectivity index (χ1n) is 5.10. The zero-order chi connectivity index (χ0) is 13.1. The van der Waals surface area contributed by atoms with E-state index in [0.29, 0.717) is 6.54 Å². The highest BCUT2D eigenvalue weighted by Crippen LogP contribution is 2.24. The fourth-order valence-electron chi connectivity index (χ4n) is 1.52. The highest BCUT2D eigenvalue weighted by Gasteiger charge is 2.19. The number of nitro groups is 1. The average Bonchev–Trinajstić information content (AvgIpc) is 2.75. The van der Waals surface area contributed by atoms with Gasteiger partial charge in [0.2, 0.25) is 0 Å². The van der Waals surface area contributed by atoms with Crippen LogP contribution in [0.1, 0.15) is 5.56 Å². The molecule has 0 bridgehead atoms. The molecule has 0 aliphatic carbocycles. The van der Waals surface area contributed by atoms with E-state index in [-0.39, 0.29) is 17.4 Å². The maximum Gasteiger partial charge on any atom is 0.350 e. The Hall–Kier alpha value is -2.44. The molecule has 0 radical (unpaired) electrons. The van der Waals surface area contributed by atoms with Crippen molar-refractivity contribution in [1.29, 1.82) is 0 Å². The Morgan fingerprint density at radius 3 is 2.61 bits per heavy atom. The Balaban J connectivity index is 2.24. The lowest BCUT2D eigenvalue weighted by Gasteiger charge is -2.00. The molecule has 0 fully saturated rings. The van der Waals surface area contributed by atoms with Gasteiger partial charge in [-0.1, -0.05) is 12.1 Å². The first-order valence-corrected chi connectivity index (χ1v) is 5.10. The molecule has 0 unspecified atom stereocenters. The van der Waals surface area contributed by atoms with E-state index in [9.17, 15) is 14.5 Å². The van der Waals surface area contributed by atoms with Gasteiger partial charge in [0.25, 0.3) is 0 Å². The van der Waals surface area contributed by atoms with Crippen LogP contribution in [0.4, 0.5) is 10.1 Å². The van der Waals surface area contributed by atoms with Crippen molar-refractivity contribution in [3.8, 4) is 5.88 Å². The van der Waals surface area contributed by atoms with Crippen LogP contribution >= 0.6 is 0 Å². The summed E-state index contributed by atoms with van der Waals surface area (Å²) in [5.41, 5.74) is 0.594. The molecule has 1 aromatic heterocycles. The number of methoxy groups -OCH3 is 1. The van der Waals surface area contributed by atoms with Crippen LogP contribution in [0.3, 0.4) is 0 Å². The molecule has 7 heteroatoms. The van der Waals surface area contributed by atoms with Gasteiger partial charge in [0, 0.05) is 0 Å². The minimum Gasteiger partial charge on any atom is -0.475 e. The van der Waals surface area contributed by atoms with Gasteiger partial charge in [0.05, 0.1) is 18.6 Å². The monoisotopic (exact) mass is 251 g/mol. The molecule has 0 N–H and O–H groups in total. The number of aromatic nitrogens is 2. The van der Waals surface area contributed by atoms with Crippen LogP contribution in [0, 0.1) is 15.9 Å². The van der Waals surface area contributed by atoms with Gasteiger partial charge >= 0.3 is 11.6 Å². The predicted octanol–water partition coefficient (Wildman–Crippen LogP) is 1.99. The summed E-state index contributed by atoms with van der Waals surface area (Å²) in [6.45, 7) is 0.310. The van der Waals surface area contributed by atoms with Crippen LogP contribution in [0.15, 0.2) is 30.5 Å². The lowest BCUT2D eigenvalue weighted by molar-refractivity contribution is -0.385. The standard InChI is InChI=1S/C11H10FN3O3/c1-18-11-10(15(16)17)7-14(13-11)6-8-2-4-9(12)5-3-8/h2-5,7H,6H2,1H3. The first kappa shape index (κ1) is 12.0. The van der Waals surface area contributed by atoms with Crippen LogP contribution in [0.2, 0.25) is 0 Å². The summed E-state index contributed by atoms with van der Waals surface area (Å²) in [6, 6.07) is 5.83. The SMILES string of the molecule is COc1nn(Cc2ccc(F)cc2)cc1[N+](=O)[O-]. The summed E-state index contributed by atoms with van der Waals surface area (Å²) in [5, 5.41) is 14.6. The second-order valence-corrected chi connectivity index (χ2v) is 3.60. The Bertz CT molecular complexity index is 565. The summed E-state index contributed by atoms with van der Waals surface area (Å²) >= 11 is 0. The van der Waals surface area contributed by atoms with Crippen LogP contribution in [-0.4, -0.2) is 21.8 Å². The molecule has 2 rings (SSSR count). The minimum atomic E-state index is -0.563. The van der Waals surface area contributed by atoms with Gasteiger partial charge < -0.3 is 4.74 Å². The largest absolute Gasteiger partial charge is 0.475 e. The van der Waals surface area contributed by atoms with E-state index in [4.69, 9.17) is 4.74 Å². The summed E-state index contributed by atoms with van der Waals surface area (Å²) in [5.74, 6) is -0.370. The van der Waals surface area contributed by atoms with Crippen molar-refractivity contribution < 1.29 is 14.1 Å². The number of nitrogens with zero attached hydrogens (tertiary/aromatic N) is 3. The van der Waals surface area contributed by atoms with Gasteiger partial charge in [-0.25, -0.2) is 4.39 Å². The molecule has 0 atom stereocenters. The Kier molecular flexibility index (Phi) is 3.22. The van der Waals surface area contributed by atoms with Crippen LogP contribution in [0.25, 0.3) is 0 Å². The van der Waals surface area contributed by atoms with Crippen molar-refractivity contribution in [2.75, 3.05) is 7.11 Å².